The van der Waals surface area contributed by atoms with Gasteiger partial charge in [-0.25, -0.2) is 13.6 Å². The highest BCUT2D eigenvalue weighted by atomic mass is 35.5. The third kappa shape index (κ3) is 3.01. The molecule has 0 amide bonds. The molecule has 0 saturated carbocycles. The second-order valence-corrected chi connectivity index (χ2v) is 6.98. The number of hydrogen-bond donors (Lipinski definition) is 1. The molecule has 0 radical (unpaired) electrons. The molecule has 1 heterocycles. The van der Waals surface area contributed by atoms with Crippen molar-refractivity contribution >= 4 is 21.6 Å². The molecule has 3 aromatic rings. The Kier molecular flexibility index (Phi) is 3.97. The second-order valence-electron chi connectivity index (χ2n) is 5.01. The lowest BCUT2D eigenvalue weighted by Gasteiger charge is -2.08. The van der Waals surface area contributed by atoms with Gasteiger partial charge in [-0.05, 0) is 25.1 Å². The summed E-state index contributed by atoms with van der Waals surface area (Å²) in [4.78, 5) is 0.0292. The van der Waals surface area contributed by atoms with E-state index >= 15 is 0 Å². The van der Waals surface area contributed by atoms with Crippen LogP contribution < -0.4 is 5.14 Å². The van der Waals surface area contributed by atoms with Crippen LogP contribution in [0.15, 0.2) is 57.9 Å². The van der Waals surface area contributed by atoms with Gasteiger partial charge in [0, 0.05) is 16.1 Å². The molecule has 0 aliphatic rings. The Morgan fingerprint density at radius 2 is 1.74 bits per heavy atom. The lowest BCUT2D eigenvalue weighted by atomic mass is 9.99. The van der Waals surface area contributed by atoms with Crippen LogP contribution in [0, 0.1) is 6.92 Å². The molecule has 1 aromatic heterocycles. The van der Waals surface area contributed by atoms with E-state index < -0.39 is 10.0 Å². The fourth-order valence-electron chi connectivity index (χ4n) is 2.42. The molecule has 118 valence electrons. The number of nitrogens with zero attached hydrogens (tertiary/aromatic N) is 1. The summed E-state index contributed by atoms with van der Waals surface area (Å²) in [5.41, 5.74) is 2.36. The first-order chi connectivity index (χ1) is 10.9. The Morgan fingerprint density at radius 1 is 1.09 bits per heavy atom. The van der Waals surface area contributed by atoms with Gasteiger partial charge in [-0.1, -0.05) is 47.1 Å². The SMILES string of the molecule is Cc1onc(-c2ccc(Cl)cc2)c1-c1ccccc1S(N)(=O)=O. The Hall–Kier alpha value is -2.15. The van der Waals surface area contributed by atoms with Crippen LogP contribution in [0.3, 0.4) is 0 Å². The van der Waals surface area contributed by atoms with Gasteiger partial charge < -0.3 is 4.52 Å². The molecule has 2 N–H and O–H groups in total. The number of halogens is 1. The van der Waals surface area contributed by atoms with E-state index in [9.17, 15) is 8.42 Å². The summed E-state index contributed by atoms with van der Waals surface area (Å²) in [5.74, 6) is 0.506. The number of benzene rings is 2. The highest BCUT2D eigenvalue weighted by Crippen LogP contribution is 2.37. The van der Waals surface area contributed by atoms with Crippen LogP contribution in [0.25, 0.3) is 22.4 Å². The molecule has 5 nitrogen and oxygen atoms in total. The number of rotatable bonds is 3. The Morgan fingerprint density at radius 3 is 2.39 bits per heavy atom. The molecule has 0 unspecified atom stereocenters. The van der Waals surface area contributed by atoms with E-state index in [1.165, 1.54) is 6.07 Å². The van der Waals surface area contributed by atoms with E-state index in [0.717, 1.165) is 5.56 Å². The molecule has 3 rings (SSSR count). The van der Waals surface area contributed by atoms with E-state index in [4.69, 9.17) is 21.3 Å². The zero-order chi connectivity index (χ0) is 16.6. The normalized spacial score (nSPS) is 11.6. The third-order valence-corrected chi connectivity index (χ3v) is 4.66. The van der Waals surface area contributed by atoms with Crippen molar-refractivity contribution in [2.24, 2.45) is 5.14 Å². The first kappa shape index (κ1) is 15.7. The fraction of sp³-hybridized carbons (Fsp3) is 0.0625. The number of sulfonamides is 1. The van der Waals surface area contributed by atoms with Crippen LogP contribution in [-0.4, -0.2) is 13.6 Å². The molecular formula is C16H13ClN2O3S. The summed E-state index contributed by atoms with van der Waals surface area (Å²) in [6, 6.07) is 13.6. The van der Waals surface area contributed by atoms with E-state index in [-0.39, 0.29) is 4.90 Å². The molecule has 7 heteroatoms. The lowest BCUT2D eigenvalue weighted by molar-refractivity contribution is 0.400. The minimum atomic E-state index is -3.87. The minimum Gasteiger partial charge on any atom is -0.360 e. The van der Waals surface area contributed by atoms with Crippen LogP contribution in [0.2, 0.25) is 5.02 Å². The Bertz CT molecular complexity index is 963. The molecule has 0 spiro atoms. The van der Waals surface area contributed by atoms with Crippen molar-refractivity contribution in [3.63, 3.8) is 0 Å². The van der Waals surface area contributed by atoms with Crippen molar-refractivity contribution in [3.05, 3.63) is 59.3 Å². The molecule has 0 fully saturated rings. The second kappa shape index (κ2) is 5.81. The zero-order valence-corrected chi connectivity index (χ0v) is 13.7. The van der Waals surface area contributed by atoms with Crippen molar-refractivity contribution in [1.29, 1.82) is 0 Å². The van der Waals surface area contributed by atoms with Crippen LogP contribution >= 0.6 is 11.6 Å². The number of nitrogens with two attached hydrogens (primary N) is 1. The molecule has 2 aromatic carbocycles. The monoisotopic (exact) mass is 348 g/mol. The van der Waals surface area contributed by atoms with E-state index in [0.29, 0.717) is 27.6 Å². The van der Waals surface area contributed by atoms with Gasteiger partial charge in [0.05, 0.1) is 10.5 Å². The van der Waals surface area contributed by atoms with Crippen molar-refractivity contribution in [2.45, 2.75) is 11.8 Å². The maximum absolute atomic E-state index is 11.9. The summed E-state index contributed by atoms with van der Waals surface area (Å²) in [7, 11) is -3.87. The number of aryl methyl sites for hydroxylation is 1. The number of aromatic nitrogens is 1. The highest BCUT2D eigenvalue weighted by molar-refractivity contribution is 7.89. The summed E-state index contributed by atoms with van der Waals surface area (Å²) in [5, 5.41) is 9.99. The molecule has 0 bridgehead atoms. The summed E-state index contributed by atoms with van der Waals surface area (Å²) in [6.07, 6.45) is 0. The van der Waals surface area contributed by atoms with Crippen molar-refractivity contribution < 1.29 is 12.9 Å². The Labute approximate surface area is 138 Å². The summed E-state index contributed by atoms with van der Waals surface area (Å²) in [6.45, 7) is 1.72. The molecule has 0 aliphatic carbocycles. The predicted molar refractivity (Wildman–Crippen MR) is 88.5 cm³/mol. The maximum Gasteiger partial charge on any atom is 0.238 e. The van der Waals surface area contributed by atoms with Crippen LogP contribution in [0.5, 0.6) is 0 Å². The van der Waals surface area contributed by atoms with Crippen LogP contribution in [0.4, 0.5) is 0 Å². The Balaban J connectivity index is 2.27. The van der Waals surface area contributed by atoms with Gasteiger partial charge in [0.1, 0.15) is 11.5 Å². The van der Waals surface area contributed by atoms with Gasteiger partial charge in [0.25, 0.3) is 0 Å². The lowest BCUT2D eigenvalue weighted by Crippen LogP contribution is -2.13. The summed E-state index contributed by atoms with van der Waals surface area (Å²) >= 11 is 5.91. The molecule has 0 atom stereocenters. The predicted octanol–water partition coefficient (Wildman–Crippen LogP) is 3.62. The van der Waals surface area contributed by atoms with Gasteiger partial charge in [-0.15, -0.1) is 0 Å². The zero-order valence-electron chi connectivity index (χ0n) is 12.2. The molecule has 0 saturated heterocycles. The van der Waals surface area contributed by atoms with Gasteiger partial charge >= 0.3 is 0 Å². The quantitative estimate of drug-likeness (QED) is 0.783. The number of primary sulfonamides is 1. The maximum atomic E-state index is 11.9. The summed E-state index contributed by atoms with van der Waals surface area (Å²) < 4.78 is 29.0. The van der Waals surface area contributed by atoms with E-state index in [1.807, 2.05) is 0 Å². The van der Waals surface area contributed by atoms with Gasteiger partial charge in [0.15, 0.2) is 0 Å². The van der Waals surface area contributed by atoms with E-state index in [1.54, 1.807) is 49.4 Å². The third-order valence-electron chi connectivity index (χ3n) is 3.44. The minimum absolute atomic E-state index is 0.0292. The van der Waals surface area contributed by atoms with Crippen molar-refractivity contribution in [2.75, 3.05) is 0 Å². The van der Waals surface area contributed by atoms with Crippen LogP contribution in [-0.2, 0) is 10.0 Å². The van der Waals surface area contributed by atoms with E-state index in [2.05, 4.69) is 5.16 Å². The van der Waals surface area contributed by atoms with Gasteiger partial charge in [-0.2, -0.15) is 0 Å². The van der Waals surface area contributed by atoms with Crippen molar-refractivity contribution in [1.82, 2.24) is 5.16 Å². The number of hydrogen-bond acceptors (Lipinski definition) is 4. The average molecular weight is 349 g/mol. The first-order valence-corrected chi connectivity index (χ1v) is 8.65. The highest BCUT2D eigenvalue weighted by Gasteiger charge is 2.22. The fourth-order valence-corrected chi connectivity index (χ4v) is 3.29. The molecule has 0 aliphatic heterocycles. The van der Waals surface area contributed by atoms with Gasteiger partial charge in [0.2, 0.25) is 10.0 Å². The first-order valence-electron chi connectivity index (χ1n) is 6.72. The molecule has 23 heavy (non-hydrogen) atoms. The standard InChI is InChI=1S/C16H13ClN2O3S/c1-10-15(13-4-2-3-5-14(13)23(18,20)21)16(19-22-10)11-6-8-12(17)9-7-11/h2-9H,1H3,(H2,18,20,21). The average Bonchev–Trinajstić information content (AvgIpc) is 2.89. The van der Waals surface area contributed by atoms with Crippen molar-refractivity contribution in [3.8, 4) is 22.4 Å². The topological polar surface area (TPSA) is 86.2 Å². The van der Waals surface area contributed by atoms with Crippen LogP contribution in [0.1, 0.15) is 5.76 Å². The van der Waals surface area contributed by atoms with Gasteiger partial charge in [-0.3, -0.25) is 0 Å². The smallest absolute Gasteiger partial charge is 0.238 e. The largest absolute Gasteiger partial charge is 0.360 e. The molecular weight excluding hydrogens is 336 g/mol.